The van der Waals surface area contributed by atoms with Crippen LogP contribution in [-0.4, -0.2) is 59.8 Å². The molecule has 1 amide bonds. The summed E-state index contributed by atoms with van der Waals surface area (Å²) in [6, 6.07) is 3.64. The molecule has 0 bridgehead atoms. The maximum absolute atomic E-state index is 12.1. The fourth-order valence-corrected chi connectivity index (χ4v) is 1.65. The van der Waals surface area contributed by atoms with Gasteiger partial charge in [-0.2, -0.15) is 0 Å². The average Bonchev–Trinajstić information content (AvgIpc) is 2.74. The maximum Gasteiger partial charge on any atom is 0.236 e. The van der Waals surface area contributed by atoms with E-state index < -0.39 is 0 Å². The monoisotopic (exact) mass is 251 g/mol. The number of carbonyl (C=O) groups excluding carboxylic acids is 2. The smallest absolute Gasteiger partial charge is 0.236 e. The van der Waals surface area contributed by atoms with E-state index in [1.807, 2.05) is 31.1 Å². The zero-order chi connectivity index (χ0) is 13.7. The highest BCUT2D eigenvalue weighted by Gasteiger charge is 2.16. The van der Waals surface area contributed by atoms with Crippen LogP contribution in [0.5, 0.6) is 0 Å². The Kier molecular flexibility index (Phi) is 5.09. The molecular weight excluding hydrogens is 230 g/mol. The number of hydrogen-bond acceptors (Lipinski definition) is 3. The van der Waals surface area contributed by atoms with E-state index in [-0.39, 0.29) is 24.8 Å². The van der Waals surface area contributed by atoms with Crippen LogP contribution in [-0.2, 0) is 11.8 Å². The molecule has 1 aromatic rings. The first-order chi connectivity index (χ1) is 8.45. The molecule has 0 aromatic carbocycles. The molecule has 0 saturated carbocycles. The summed E-state index contributed by atoms with van der Waals surface area (Å²) >= 11 is 0. The molecule has 0 aliphatic heterocycles. The Labute approximate surface area is 108 Å². The molecule has 1 heterocycles. The van der Waals surface area contributed by atoms with Gasteiger partial charge in [-0.1, -0.05) is 6.92 Å². The van der Waals surface area contributed by atoms with Crippen molar-refractivity contribution in [2.75, 3.05) is 33.7 Å². The summed E-state index contributed by atoms with van der Waals surface area (Å²) in [5.41, 5.74) is 0.672. The van der Waals surface area contributed by atoms with Crippen molar-refractivity contribution in [1.29, 1.82) is 0 Å². The molecule has 0 atom stereocenters. The molecule has 1 rings (SSSR count). The molecule has 5 nitrogen and oxygen atoms in total. The van der Waals surface area contributed by atoms with Gasteiger partial charge in [-0.05, 0) is 18.7 Å². The summed E-state index contributed by atoms with van der Waals surface area (Å²) in [4.78, 5) is 27.1. The van der Waals surface area contributed by atoms with E-state index in [0.717, 1.165) is 0 Å². The van der Waals surface area contributed by atoms with Gasteiger partial charge in [0.25, 0.3) is 0 Å². The number of aryl methyl sites for hydroxylation is 1. The minimum atomic E-state index is 0.0107. The van der Waals surface area contributed by atoms with Gasteiger partial charge in [0.05, 0.1) is 18.8 Å². The van der Waals surface area contributed by atoms with Crippen molar-refractivity contribution < 1.29 is 9.59 Å². The molecule has 0 aliphatic rings. The van der Waals surface area contributed by atoms with Gasteiger partial charge in [0, 0.05) is 27.3 Å². The van der Waals surface area contributed by atoms with Gasteiger partial charge < -0.3 is 9.47 Å². The summed E-state index contributed by atoms with van der Waals surface area (Å²) in [5, 5.41) is 0. The molecule has 0 aliphatic carbocycles. The van der Waals surface area contributed by atoms with Crippen LogP contribution < -0.4 is 0 Å². The molecular formula is C13H21N3O2. The van der Waals surface area contributed by atoms with E-state index in [0.29, 0.717) is 12.2 Å². The average molecular weight is 251 g/mol. The van der Waals surface area contributed by atoms with E-state index in [9.17, 15) is 9.59 Å². The second kappa shape index (κ2) is 6.35. The Bertz CT molecular complexity index is 424. The van der Waals surface area contributed by atoms with Crippen molar-refractivity contribution >= 4 is 11.7 Å². The molecule has 100 valence electrons. The maximum atomic E-state index is 12.1. The molecule has 18 heavy (non-hydrogen) atoms. The highest BCUT2D eigenvalue weighted by atomic mass is 16.2. The third-order valence-electron chi connectivity index (χ3n) is 2.90. The van der Waals surface area contributed by atoms with Gasteiger partial charge in [-0.15, -0.1) is 0 Å². The molecule has 0 N–H and O–H groups in total. The second-order valence-electron chi connectivity index (χ2n) is 4.52. The molecule has 0 unspecified atom stereocenters. The van der Waals surface area contributed by atoms with Gasteiger partial charge in [0.2, 0.25) is 5.91 Å². The summed E-state index contributed by atoms with van der Waals surface area (Å²) in [6.45, 7) is 3.17. The van der Waals surface area contributed by atoms with Crippen LogP contribution >= 0.6 is 0 Å². The SMILES string of the molecule is CCN(CC(=O)c1cccn1C)CC(=O)N(C)C. The van der Waals surface area contributed by atoms with Gasteiger partial charge in [-0.3, -0.25) is 14.5 Å². The molecule has 0 saturated heterocycles. The van der Waals surface area contributed by atoms with Crippen LogP contribution in [0.1, 0.15) is 17.4 Å². The Morgan fingerprint density at radius 2 is 1.94 bits per heavy atom. The van der Waals surface area contributed by atoms with Crippen molar-refractivity contribution in [3.63, 3.8) is 0 Å². The number of amides is 1. The quantitative estimate of drug-likeness (QED) is 0.696. The summed E-state index contributed by atoms with van der Waals surface area (Å²) in [5.74, 6) is 0.0486. The fraction of sp³-hybridized carbons (Fsp3) is 0.538. The lowest BCUT2D eigenvalue weighted by molar-refractivity contribution is -0.129. The summed E-state index contributed by atoms with van der Waals surface area (Å²) in [7, 11) is 5.28. The normalized spacial score (nSPS) is 10.7. The number of carbonyl (C=O) groups is 2. The van der Waals surface area contributed by atoms with Gasteiger partial charge in [-0.25, -0.2) is 0 Å². The van der Waals surface area contributed by atoms with E-state index in [1.54, 1.807) is 24.7 Å². The fourth-order valence-electron chi connectivity index (χ4n) is 1.65. The number of likely N-dealkylation sites (N-methyl/N-ethyl adjacent to an activating group) is 2. The Hall–Kier alpha value is -1.62. The highest BCUT2D eigenvalue weighted by Crippen LogP contribution is 2.03. The van der Waals surface area contributed by atoms with Crippen LogP contribution in [0.4, 0.5) is 0 Å². The number of nitrogens with zero attached hydrogens (tertiary/aromatic N) is 3. The third kappa shape index (κ3) is 3.70. The first kappa shape index (κ1) is 14.4. The zero-order valence-electron chi connectivity index (χ0n) is 11.5. The standard InChI is InChI=1S/C13H21N3O2/c1-5-16(10-13(18)14(2)3)9-12(17)11-7-6-8-15(11)4/h6-8H,5,9-10H2,1-4H3. The lowest BCUT2D eigenvalue weighted by Gasteiger charge is -2.21. The number of Topliss-reactive ketones (excluding diaryl/α,β-unsaturated/α-hetero) is 1. The van der Waals surface area contributed by atoms with E-state index in [1.165, 1.54) is 4.90 Å². The predicted molar refractivity (Wildman–Crippen MR) is 70.6 cm³/mol. The Balaban J connectivity index is 2.61. The number of ketones is 1. The van der Waals surface area contributed by atoms with Gasteiger partial charge in [0.1, 0.15) is 0 Å². The number of aromatic nitrogens is 1. The molecule has 0 fully saturated rings. The minimum Gasteiger partial charge on any atom is -0.348 e. The lowest BCUT2D eigenvalue weighted by Crippen LogP contribution is -2.39. The zero-order valence-corrected chi connectivity index (χ0v) is 11.5. The van der Waals surface area contributed by atoms with E-state index in [4.69, 9.17) is 0 Å². The van der Waals surface area contributed by atoms with Crippen LogP contribution in [0, 0.1) is 0 Å². The third-order valence-corrected chi connectivity index (χ3v) is 2.90. The topological polar surface area (TPSA) is 45.6 Å². The van der Waals surface area contributed by atoms with Crippen molar-refractivity contribution in [2.24, 2.45) is 7.05 Å². The molecule has 5 heteroatoms. The molecule has 0 radical (unpaired) electrons. The predicted octanol–water partition coefficient (Wildman–Crippen LogP) is 0.618. The Morgan fingerprint density at radius 1 is 1.28 bits per heavy atom. The van der Waals surface area contributed by atoms with Crippen molar-refractivity contribution in [1.82, 2.24) is 14.4 Å². The van der Waals surface area contributed by atoms with Crippen LogP contribution in [0.2, 0.25) is 0 Å². The Morgan fingerprint density at radius 3 is 2.39 bits per heavy atom. The van der Waals surface area contributed by atoms with Crippen LogP contribution in [0.15, 0.2) is 18.3 Å². The second-order valence-corrected chi connectivity index (χ2v) is 4.52. The largest absolute Gasteiger partial charge is 0.348 e. The van der Waals surface area contributed by atoms with Gasteiger partial charge >= 0.3 is 0 Å². The first-order valence-electron chi connectivity index (χ1n) is 6.02. The summed E-state index contributed by atoms with van der Waals surface area (Å²) in [6.07, 6.45) is 1.84. The van der Waals surface area contributed by atoms with E-state index >= 15 is 0 Å². The summed E-state index contributed by atoms with van der Waals surface area (Å²) < 4.78 is 1.80. The highest BCUT2D eigenvalue weighted by molar-refractivity contribution is 5.96. The number of rotatable bonds is 6. The van der Waals surface area contributed by atoms with Crippen molar-refractivity contribution in [2.45, 2.75) is 6.92 Å². The number of hydrogen-bond donors (Lipinski definition) is 0. The van der Waals surface area contributed by atoms with Crippen LogP contribution in [0.25, 0.3) is 0 Å². The van der Waals surface area contributed by atoms with E-state index in [2.05, 4.69) is 0 Å². The lowest BCUT2D eigenvalue weighted by atomic mass is 10.2. The van der Waals surface area contributed by atoms with Crippen molar-refractivity contribution in [3.05, 3.63) is 24.0 Å². The molecule has 0 spiro atoms. The minimum absolute atomic E-state index is 0.0107. The van der Waals surface area contributed by atoms with Crippen molar-refractivity contribution in [3.8, 4) is 0 Å². The molecule has 1 aromatic heterocycles. The van der Waals surface area contributed by atoms with Gasteiger partial charge in [0.15, 0.2) is 5.78 Å². The first-order valence-corrected chi connectivity index (χ1v) is 6.02. The van der Waals surface area contributed by atoms with Crippen LogP contribution in [0.3, 0.4) is 0 Å².